The fourth-order valence-corrected chi connectivity index (χ4v) is 1.47. The number of benzene rings is 1. The molecule has 0 unspecified atom stereocenters. The van der Waals surface area contributed by atoms with Gasteiger partial charge in [-0.2, -0.15) is 10.1 Å². The minimum Gasteiger partial charge on any atom is -0.295 e. The number of anilines is 1. The number of H-pyrrole nitrogens is 1. The highest BCUT2D eigenvalue weighted by atomic mass is 16.1. The molecule has 0 bridgehead atoms. The van der Waals surface area contributed by atoms with E-state index in [0.717, 1.165) is 12.0 Å². The van der Waals surface area contributed by atoms with E-state index in [1.54, 1.807) is 0 Å². The van der Waals surface area contributed by atoms with Crippen LogP contribution in [-0.4, -0.2) is 21.1 Å². The number of rotatable bonds is 4. The summed E-state index contributed by atoms with van der Waals surface area (Å²) in [6, 6.07) is 8.17. The zero-order valence-electron chi connectivity index (χ0n) is 9.60. The Morgan fingerprint density at radius 3 is 2.76 bits per heavy atom. The van der Waals surface area contributed by atoms with Gasteiger partial charge in [-0.15, -0.1) is 0 Å². The summed E-state index contributed by atoms with van der Waals surface area (Å²) in [6.45, 7) is 2.04. The molecule has 2 N–H and O–H groups in total. The summed E-state index contributed by atoms with van der Waals surface area (Å²) in [5, 5.41) is 8.87. The molecule has 0 aliphatic heterocycles. The van der Waals surface area contributed by atoms with Crippen molar-refractivity contribution in [1.82, 2.24) is 15.2 Å². The van der Waals surface area contributed by atoms with Crippen LogP contribution >= 0.6 is 0 Å². The Morgan fingerprint density at radius 2 is 2.12 bits per heavy atom. The monoisotopic (exact) mass is 230 g/mol. The molecule has 2 rings (SSSR count). The molecule has 5 nitrogen and oxygen atoms in total. The maximum Gasteiger partial charge on any atom is 0.227 e. The highest BCUT2D eigenvalue weighted by molar-refractivity contribution is 5.88. The number of hydrogen-bond acceptors (Lipinski definition) is 3. The Kier molecular flexibility index (Phi) is 3.49. The summed E-state index contributed by atoms with van der Waals surface area (Å²) in [5.41, 5.74) is 2.38. The summed E-state index contributed by atoms with van der Waals surface area (Å²) in [7, 11) is 0. The van der Waals surface area contributed by atoms with Crippen LogP contribution in [0.25, 0.3) is 0 Å². The Hall–Kier alpha value is -2.17. The second kappa shape index (κ2) is 5.25. The van der Waals surface area contributed by atoms with Crippen LogP contribution in [0, 0.1) is 6.92 Å². The van der Waals surface area contributed by atoms with Crippen LogP contribution < -0.4 is 5.32 Å². The summed E-state index contributed by atoms with van der Waals surface area (Å²) < 4.78 is 0. The van der Waals surface area contributed by atoms with Gasteiger partial charge in [0.05, 0.1) is 0 Å². The molecule has 0 atom stereocenters. The van der Waals surface area contributed by atoms with Gasteiger partial charge in [-0.3, -0.25) is 10.1 Å². The summed E-state index contributed by atoms with van der Waals surface area (Å²) >= 11 is 0. The van der Waals surface area contributed by atoms with Gasteiger partial charge >= 0.3 is 0 Å². The number of aromatic amines is 1. The van der Waals surface area contributed by atoms with E-state index in [4.69, 9.17) is 0 Å². The number of amides is 1. The Morgan fingerprint density at radius 1 is 1.35 bits per heavy atom. The van der Waals surface area contributed by atoms with Crippen LogP contribution in [0.1, 0.15) is 17.5 Å². The molecule has 0 fully saturated rings. The van der Waals surface area contributed by atoms with Crippen LogP contribution in [0.3, 0.4) is 0 Å². The van der Waals surface area contributed by atoms with E-state index in [-0.39, 0.29) is 5.91 Å². The standard InChI is InChI=1S/C12H14N4O/c1-9-2-4-10(5-3-9)6-7-11(17)15-12-13-8-14-16-12/h2-5,8H,6-7H2,1H3,(H2,13,14,15,16,17). The maximum atomic E-state index is 11.6. The molecule has 5 heteroatoms. The van der Waals surface area contributed by atoms with E-state index in [2.05, 4.69) is 20.5 Å². The topological polar surface area (TPSA) is 70.7 Å². The van der Waals surface area contributed by atoms with Crippen molar-refractivity contribution in [2.75, 3.05) is 5.32 Å². The van der Waals surface area contributed by atoms with E-state index in [0.29, 0.717) is 12.4 Å². The Labute approximate surface area is 99.3 Å². The molecule has 1 aromatic carbocycles. The Balaban J connectivity index is 1.82. The molecule has 2 aromatic rings. The first kappa shape index (κ1) is 11.3. The van der Waals surface area contributed by atoms with Gasteiger partial charge < -0.3 is 0 Å². The number of nitrogens with zero attached hydrogens (tertiary/aromatic N) is 2. The molecule has 0 saturated heterocycles. The average Bonchev–Trinajstić information content (AvgIpc) is 2.81. The number of aryl methyl sites for hydroxylation is 2. The lowest BCUT2D eigenvalue weighted by Gasteiger charge is -2.02. The molecular formula is C12H14N4O. The molecular weight excluding hydrogens is 216 g/mol. The molecule has 0 radical (unpaired) electrons. The van der Waals surface area contributed by atoms with Crippen LogP contribution in [0.5, 0.6) is 0 Å². The fourth-order valence-electron chi connectivity index (χ4n) is 1.47. The third-order valence-corrected chi connectivity index (χ3v) is 2.43. The largest absolute Gasteiger partial charge is 0.295 e. The smallest absolute Gasteiger partial charge is 0.227 e. The van der Waals surface area contributed by atoms with Gasteiger partial charge in [0.2, 0.25) is 11.9 Å². The second-order valence-corrected chi connectivity index (χ2v) is 3.87. The van der Waals surface area contributed by atoms with Gasteiger partial charge in [0.1, 0.15) is 6.33 Å². The lowest BCUT2D eigenvalue weighted by molar-refractivity contribution is -0.116. The first-order chi connectivity index (χ1) is 8.24. The van der Waals surface area contributed by atoms with Crippen molar-refractivity contribution in [3.8, 4) is 0 Å². The van der Waals surface area contributed by atoms with Crippen LogP contribution in [0.4, 0.5) is 5.95 Å². The van der Waals surface area contributed by atoms with Crippen LogP contribution in [0.15, 0.2) is 30.6 Å². The highest BCUT2D eigenvalue weighted by Gasteiger charge is 2.04. The van der Waals surface area contributed by atoms with Gasteiger partial charge in [-0.25, -0.2) is 5.10 Å². The fraction of sp³-hybridized carbons (Fsp3) is 0.250. The second-order valence-electron chi connectivity index (χ2n) is 3.87. The van der Waals surface area contributed by atoms with Crippen LogP contribution in [0.2, 0.25) is 0 Å². The number of aromatic nitrogens is 3. The van der Waals surface area contributed by atoms with Crippen molar-refractivity contribution in [3.63, 3.8) is 0 Å². The predicted molar refractivity (Wildman–Crippen MR) is 64.5 cm³/mol. The number of carbonyl (C=O) groups excluding carboxylic acids is 1. The number of carbonyl (C=O) groups is 1. The summed E-state index contributed by atoms with van der Waals surface area (Å²) in [6.07, 6.45) is 2.51. The van der Waals surface area contributed by atoms with Crippen molar-refractivity contribution in [2.45, 2.75) is 19.8 Å². The highest BCUT2D eigenvalue weighted by Crippen LogP contribution is 2.06. The number of hydrogen-bond donors (Lipinski definition) is 2. The predicted octanol–water partition coefficient (Wildman–Crippen LogP) is 1.68. The minimum atomic E-state index is -0.0673. The molecule has 1 aromatic heterocycles. The van der Waals surface area contributed by atoms with E-state index in [9.17, 15) is 4.79 Å². The molecule has 0 aliphatic carbocycles. The normalized spacial score (nSPS) is 10.2. The lowest BCUT2D eigenvalue weighted by atomic mass is 10.1. The average molecular weight is 230 g/mol. The Bertz CT molecular complexity index is 476. The van der Waals surface area contributed by atoms with Gasteiger partial charge in [-0.1, -0.05) is 29.8 Å². The lowest BCUT2D eigenvalue weighted by Crippen LogP contribution is -2.13. The molecule has 17 heavy (non-hydrogen) atoms. The molecule has 1 heterocycles. The van der Waals surface area contributed by atoms with E-state index < -0.39 is 0 Å². The van der Waals surface area contributed by atoms with Crippen molar-refractivity contribution in [3.05, 3.63) is 41.7 Å². The molecule has 0 spiro atoms. The molecule has 1 amide bonds. The third kappa shape index (κ3) is 3.41. The van der Waals surface area contributed by atoms with Crippen molar-refractivity contribution in [1.29, 1.82) is 0 Å². The SMILES string of the molecule is Cc1ccc(CCC(=O)Nc2ncn[nH]2)cc1. The van der Waals surface area contributed by atoms with Crippen molar-refractivity contribution < 1.29 is 4.79 Å². The van der Waals surface area contributed by atoms with Crippen LogP contribution in [-0.2, 0) is 11.2 Å². The van der Waals surface area contributed by atoms with Crippen molar-refractivity contribution in [2.24, 2.45) is 0 Å². The van der Waals surface area contributed by atoms with E-state index >= 15 is 0 Å². The molecule has 0 saturated carbocycles. The minimum absolute atomic E-state index is 0.0673. The van der Waals surface area contributed by atoms with Gasteiger partial charge in [-0.05, 0) is 18.9 Å². The van der Waals surface area contributed by atoms with Gasteiger partial charge in [0.25, 0.3) is 0 Å². The van der Waals surface area contributed by atoms with Crippen molar-refractivity contribution >= 4 is 11.9 Å². The zero-order chi connectivity index (χ0) is 12.1. The first-order valence-corrected chi connectivity index (χ1v) is 5.45. The van der Waals surface area contributed by atoms with Gasteiger partial charge in [0.15, 0.2) is 0 Å². The zero-order valence-corrected chi connectivity index (χ0v) is 9.60. The van der Waals surface area contributed by atoms with E-state index in [1.165, 1.54) is 11.9 Å². The number of nitrogens with one attached hydrogen (secondary N) is 2. The molecule has 0 aliphatic rings. The van der Waals surface area contributed by atoms with E-state index in [1.807, 2.05) is 31.2 Å². The quantitative estimate of drug-likeness (QED) is 0.839. The summed E-state index contributed by atoms with van der Waals surface area (Å²) in [5.74, 6) is 0.321. The molecule has 88 valence electrons. The summed E-state index contributed by atoms with van der Waals surface area (Å²) in [4.78, 5) is 15.4. The third-order valence-electron chi connectivity index (χ3n) is 2.43. The first-order valence-electron chi connectivity index (χ1n) is 5.45. The van der Waals surface area contributed by atoms with Gasteiger partial charge in [0, 0.05) is 6.42 Å². The maximum absolute atomic E-state index is 11.6.